The van der Waals surface area contributed by atoms with Crippen molar-refractivity contribution in [2.75, 3.05) is 25.6 Å². The zero-order valence-corrected chi connectivity index (χ0v) is 14.2. The number of carbonyl (C=O) groups excluding carboxylic acids is 1. The molecule has 2 rings (SSSR count). The second-order valence-electron chi connectivity index (χ2n) is 5.05. The van der Waals surface area contributed by atoms with Crippen LogP contribution in [0.25, 0.3) is 0 Å². The lowest BCUT2D eigenvalue weighted by atomic mass is 10.2. The van der Waals surface area contributed by atoms with Crippen LogP contribution in [-0.2, 0) is 14.8 Å². The number of methoxy groups -OCH3 is 1. The highest BCUT2D eigenvalue weighted by molar-refractivity contribution is 7.89. The fraction of sp³-hybridized carbons (Fsp3) is 0.333. The summed E-state index contributed by atoms with van der Waals surface area (Å²) in [7, 11) is -2.05. The topological polar surface area (TPSA) is 111 Å². The van der Waals surface area contributed by atoms with Crippen LogP contribution in [0.4, 0.5) is 5.82 Å². The Morgan fingerprint density at radius 1 is 1.29 bits per heavy atom. The molecule has 8 nitrogen and oxygen atoms in total. The van der Waals surface area contributed by atoms with E-state index in [4.69, 9.17) is 9.26 Å². The van der Waals surface area contributed by atoms with Crippen molar-refractivity contribution in [3.8, 4) is 0 Å². The van der Waals surface area contributed by atoms with Crippen molar-refractivity contribution in [3.63, 3.8) is 0 Å². The number of carbonyl (C=O) groups is 1. The first-order valence-electron chi connectivity index (χ1n) is 7.26. The van der Waals surface area contributed by atoms with Crippen LogP contribution in [0.3, 0.4) is 0 Å². The van der Waals surface area contributed by atoms with Crippen molar-refractivity contribution in [2.24, 2.45) is 0 Å². The van der Waals surface area contributed by atoms with Gasteiger partial charge in [-0.3, -0.25) is 4.79 Å². The van der Waals surface area contributed by atoms with Gasteiger partial charge in [0.25, 0.3) is 5.91 Å². The molecule has 2 N–H and O–H groups in total. The van der Waals surface area contributed by atoms with E-state index in [0.29, 0.717) is 30.2 Å². The minimum atomic E-state index is -3.60. The Morgan fingerprint density at radius 2 is 2.00 bits per heavy atom. The largest absolute Gasteiger partial charge is 0.385 e. The summed E-state index contributed by atoms with van der Waals surface area (Å²) in [5.74, 6) is 0.473. The van der Waals surface area contributed by atoms with Crippen molar-refractivity contribution in [3.05, 3.63) is 41.7 Å². The van der Waals surface area contributed by atoms with Crippen LogP contribution in [0.15, 0.2) is 39.8 Å². The molecule has 2 aromatic rings. The van der Waals surface area contributed by atoms with E-state index in [1.165, 1.54) is 24.3 Å². The molecular weight excluding hydrogens is 334 g/mol. The van der Waals surface area contributed by atoms with Gasteiger partial charge in [0, 0.05) is 31.9 Å². The van der Waals surface area contributed by atoms with E-state index in [1.807, 2.05) is 0 Å². The van der Waals surface area contributed by atoms with E-state index in [2.05, 4.69) is 15.2 Å². The summed E-state index contributed by atoms with van der Waals surface area (Å²) in [5.41, 5.74) is 0.314. The van der Waals surface area contributed by atoms with Crippen molar-refractivity contribution < 1.29 is 22.5 Å². The highest BCUT2D eigenvalue weighted by atomic mass is 32.2. The van der Waals surface area contributed by atoms with Gasteiger partial charge in [-0.2, -0.15) is 0 Å². The Hall–Kier alpha value is -2.23. The molecule has 0 spiro atoms. The molecule has 9 heteroatoms. The molecule has 0 aliphatic rings. The van der Waals surface area contributed by atoms with Crippen LogP contribution < -0.4 is 10.0 Å². The monoisotopic (exact) mass is 353 g/mol. The predicted molar refractivity (Wildman–Crippen MR) is 87.3 cm³/mol. The number of aromatic nitrogens is 1. The van der Waals surface area contributed by atoms with E-state index < -0.39 is 15.9 Å². The summed E-state index contributed by atoms with van der Waals surface area (Å²) >= 11 is 0. The summed E-state index contributed by atoms with van der Waals surface area (Å²) < 4.78 is 36.4. The average molecular weight is 353 g/mol. The van der Waals surface area contributed by atoms with Crippen molar-refractivity contribution in [2.45, 2.75) is 18.2 Å². The third kappa shape index (κ3) is 4.88. The van der Waals surface area contributed by atoms with Crippen LogP contribution in [0.2, 0.25) is 0 Å². The summed E-state index contributed by atoms with van der Waals surface area (Å²) in [5, 5.41) is 6.23. The van der Waals surface area contributed by atoms with E-state index in [0.717, 1.165) is 0 Å². The second kappa shape index (κ2) is 8.04. The number of rotatable bonds is 8. The number of nitrogens with zero attached hydrogens (tertiary/aromatic N) is 1. The van der Waals surface area contributed by atoms with Crippen LogP contribution in [0.1, 0.15) is 22.5 Å². The number of sulfonamides is 1. The fourth-order valence-corrected chi connectivity index (χ4v) is 2.98. The van der Waals surface area contributed by atoms with Gasteiger partial charge in [-0.25, -0.2) is 13.1 Å². The first-order chi connectivity index (χ1) is 11.4. The maximum absolute atomic E-state index is 12.1. The molecule has 0 atom stereocenters. The van der Waals surface area contributed by atoms with Gasteiger partial charge in [0.1, 0.15) is 5.76 Å². The Kier molecular flexibility index (Phi) is 6.07. The number of benzene rings is 1. The van der Waals surface area contributed by atoms with Crippen LogP contribution in [0, 0.1) is 6.92 Å². The average Bonchev–Trinajstić information content (AvgIpc) is 2.96. The maximum Gasteiger partial charge on any atom is 0.256 e. The second-order valence-corrected chi connectivity index (χ2v) is 6.81. The summed E-state index contributed by atoms with van der Waals surface area (Å²) in [6, 6.07) is 7.21. The Balaban J connectivity index is 2.00. The van der Waals surface area contributed by atoms with Crippen molar-refractivity contribution >= 4 is 21.7 Å². The van der Waals surface area contributed by atoms with E-state index >= 15 is 0 Å². The smallest absolute Gasteiger partial charge is 0.256 e. The zero-order valence-electron chi connectivity index (χ0n) is 13.4. The zero-order chi connectivity index (χ0) is 17.6. The Morgan fingerprint density at radius 3 is 2.58 bits per heavy atom. The summed E-state index contributed by atoms with van der Waals surface area (Å²) in [6.07, 6.45) is 0.577. The van der Waals surface area contributed by atoms with Gasteiger partial charge in [0.2, 0.25) is 10.0 Å². The third-order valence-electron chi connectivity index (χ3n) is 3.11. The molecule has 0 aliphatic carbocycles. The number of aryl methyl sites for hydroxylation is 1. The molecule has 1 aromatic carbocycles. The predicted octanol–water partition coefficient (Wildman–Crippen LogP) is 1.55. The summed E-state index contributed by atoms with van der Waals surface area (Å²) in [4.78, 5) is 12.1. The number of ether oxygens (including phenoxy) is 1. The van der Waals surface area contributed by atoms with Crippen molar-refractivity contribution in [1.29, 1.82) is 0 Å². The molecule has 0 bridgehead atoms. The minimum Gasteiger partial charge on any atom is -0.385 e. The maximum atomic E-state index is 12.1. The van der Waals surface area contributed by atoms with Gasteiger partial charge in [-0.05, 0) is 37.6 Å². The number of hydrogen-bond donors (Lipinski definition) is 2. The third-order valence-corrected chi connectivity index (χ3v) is 4.59. The Labute approximate surface area is 140 Å². The molecule has 0 saturated carbocycles. The molecule has 0 radical (unpaired) electrons. The number of nitrogens with one attached hydrogen (secondary N) is 2. The van der Waals surface area contributed by atoms with Gasteiger partial charge >= 0.3 is 0 Å². The van der Waals surface area contributed by atoms with Gasteiger partial charge in [-0.1, -0.05) is 5.16 Å². The minimum absolute atomic E-state index is 0.0914. The van der Waals surface area contributed by atoms with Crippen LogP contribution >= 0.6 is 0 Å². The number of hydrogen-bond acceptors (Lipinski definition) is 6. The molecule has 0 fully saturated rings. The van der Waals surface area contributed by atoms with E-state index in [9.17, 15) is 13.2 Å². The lowest BCUT2D eigenvalue weighted by Gasteiger charge is -2.07. The quantitative estimate of drug-likeness (QED) is 0.697. The molecule has 0 unspecified atom stereocenters. The van der Waals surface area contributed by atoms with Gasteiger partial charge in [0.05, 0.1) is 4.90 Å². The van der Waals surface area contributed by atoms with Gasteiger partial charge in [-0.15, -0.1) is 0 Å². The molecule has 24 heavy (non-hydrogen) atoms. The van der Waals surface area contributed by atoms with E-state index in [-0.39, 0.29) is 11.4 Å². The normalized spacial score (nSPS) is 11.4. The molecule has 1 aromatic heterocycles. The van der Waals surface area contributed by atoms with Gasteiger partial charge < -0.3 is 14.6 Å². The standard InChI is InChI=1S/C15H19N3O5S/c1-11-10-14(18-23-11)17-15(19)12-4-6-13(7-5-12)24(20,21)16-8-3-9-22-2/h4-7,10,16H,3,8-9H2,1-2H3,(H,17,18,19). The first kappa shape index (κ1) is 18.1. The molecule has 1 amide bonds. The van der Waals surface area contributed by atoms with Crippen LogP contribution in [-0.4, -0.2) is 39.7 Å². The van der Waals surface area contributed by atoms with Crippen LogP contribution in [0.5, 0.6) is 0 Å². The lowest BCUT2D eigenvalue weighted by Crippen LogP contribution is -2.25. The molecule has 0 saturated heterocycles. The fourth-order valence-electron chi connectivity index (χ4n) is 1.91. The number of anilines is 1. The SMILES string of the molecule is COCCCNS(=O)(=O)c1ccc(C(=O)Nc2cc(C)on2)cc1. The highest BCUT2D eigenvalue weighted by Gasteiger charge is 2.15. The van der Waals surface area contributed by atoms with E-state index in [1.54, 1.807) is 20.1 Å². The highest BCUT2D eigenvalue weighted by Crippen LogP contribution is 2.13. The lowest BCUT2D eigenvalue weighted by molar-refractivity contribution is 0.102. The molecule has 130 valence electrons. The first-order valence-corrected chi connectivity index (χ1v) is 8.74. The number of amides is 1. The summed E-state index contributed by atoms with van der Waals surface area (Å²) in [6.45, 7) is 2.47. The Bertz CT molecular complexity index is 784. The van der Waals surface area contributed by atoms with Gasteiger partial charge in [0.15, 0.2) is 5.82 Å². The molecule has 1 heterocycles. The van der Waals surface area contributed by atoms with Crippen molar-refractivity contribution in [1.82, 2.24) is 9.88 Å². The molecular formula is C15H19N3O5S. The molecule has 0 aliphatic heterocycles.